The highest BCUT2D eigenvalue weighted by Crippen LogP contribution is 2.42. The van der Waals surface area contributed by atoms with Gasteiger partial charge in [-0.3, -0.25) is 4.79 Å². The summed E-state index contributed by atoms with van der Waals surface area (Å²) in [6, 6.07) is 4.66. The first-order valence-corrected chi connectivity index (χ1v) is 8.59. The van der Waals surface area contributed by atoms with Gasteiger partial charge >= 0.3 is 0 Å². The molecule has 2 N–H and O–H groups in total. The van der Waals surface area contributed by atoms with Crippen LogP contribution >= 0.6 is 15.9 Å². The second kappa shape index (κ2) is 5.97. The van der Waals surface area contributed by atoms with Gasteiger partial charge in [-0.25, -0.2) is 0 Å². The van der Waals surface area contributed by atoms with Gasteiger partial charge in [-0.1, -0.05) is 6.92 Å². The molecule has 1 unspecified atom stereocenters. The summed E-state index contributed by atoms with van der Waals surface area (Å²) in [6.07, 6.45) is 3.55. The molecule has 3 rings (SSSR count). The standard InChI is InChI=1S/C16H22BrN3O/c1-3-7-18-15-11-8-12(17)14(9-13(11)19-16(15)21)20(4-2)10-5-6-10/h8-10,15,18H,3-7H2,1-2H3,(H,19,21). The van der Waals surface area contributed by atoms with E-state index in [9.17, 15) is 4.79 Å². The third-order valence-electron chi connectivity index (χ3n) is 4.19. The first kappa shape index (κ1) is 14.9. The molecule has 0 aromatic heterocycles. The van der Waals surface area contributed by atoms with Gasteiger partial charge in [0.2, 0.25) is 5.91 Å². The molecule has 0 spiro atoms. The Labute approximate surface area is 134 Å². The van der Waals surface area contributed by atoms with Gasteiger partial charge < -0.3 is 15.5 Å². The number of amides is 1. The molecule has 21 heavy (non-hydrogen) atoms. The first-order valence-electron chi connectivity index (χ1n) is 7.80. The van der Waals surface area contributed by atoms with E-state index < -0.39 is 0 Å². The summed E-state index contributed by atoms with van der Waals surface area (Å²) >= 11 is 3.69. The lowest BCUT2D eigenvalue weighted by atomic mass is 10.1. The topological polar surface area (TPSA) is 44.4 Å². The molecule has 1 heterocycles. The number of benzene rings is 1. The molecule has 5 heteroatoms. The molecule has 1 saturated carbocycles. The fraction of sp³-hybridized carbons (Fsp3) is 0.562. The number of fused-ring (bicyclic) bond motifs is 1. The van der Waals surface area contributed by atoms with Crippen molar-refractivity contribution in [3.63, 3.8) is 0 Å². The average Bonchev–Trinajstić information content (AvgIpc) is 3.24. The van der Waals surface area contributed by atoms with E-state index in [1.165, 1.54) is 18.5 Å². The third-order valence-corrected chi connectivity index (χ3v) is 4.82. The highest BCUT2D eigenvalue weighted by atomic mass is 79.9. The van der Waals surface area contributed by atoms with Gasteiger partial charge in [-0.2, -0.15) is 0 Å². The van der Waals surface area contributed by atoms with Crippen LogP contribution in [-0.2, 0) is 4.79 Å². The Kier molecular flexibility index (Phi) is 4.22. The highest BCUT2D eigenvalue weighted by molar-refractivity contribution is 9.10. The van der Waals surface area contributed by atoms with Gasteiger partial charge in [0.1, 0.15) is 6.04 Å². The van der Waals surface area contributed by atoms with Crippen LogP contribution in [0.5, 0.6) is 0 Å². The average molecular weight is 352 g/mol. The fourth-order valence-electron chi connectivity index (χ4n) is 2.99. The Hall–Kier alpha value is -1.07. The second-order valence-corrected chi connectivity index (χ2v) is 6.64. The molecule has 1 atom stereocenters. The van der Waals surface area contributed by atoms with Crippen molar-refractivity contribution in [2.75, 3.05) is 23.3 Å². The largest absolute Gasteiger partial charge is 0.368 e. The van der Waals surface area contributed by atoms with Crippen molar-refractivity contribution in [2.24, 2.45) is 0 Å². The number of nitrogens with zero attached hydrogens (tertiary/aromatic N) is 1. The predicted octanol–water partition coefficient (Wildman–Crippen LogP) is 3.43. The number of carbonyl (C=O) groups excluding carboxylic acids is 1. The SMILES string of the molecule is CCCNC1C(=O)Nc2cc(N(CC)C3CC3)c(Br)cc21. The fourth-order valence-corrected chi connectivity index (χ4v) is 3.58. The van der Waals surface area contributed by atoms with E-state index in [1.807, 2.05) is 0 Å². The molecule has 1 aliphatic heterocycles. The van der Waals surface area contributed by atoms with E-state index >= 15 is 0 Å². The lowest BCUT2D eigenvalue weighted by Gasteiger charge is -2.25. The number of hydrogen-bond acceptors (Lipinski definition) is 3. The van der Waals surface area contributed by atoms with Crippen LogP contribution in [0, 0.1) is 0 Å². The molecule has 1 aromatic rings. The van der Waals surface area contributed by atoms with Crippen molar-refractivity contribution in [1.29, 1.82) is 0 Å². The van der Waals surface area contributed by atoms with E-state index in [0.29, 0.717) is 6.04 Å². The third kappa shape index (κ3) is 2.81. The van der Waals surface area contributed by atoms with E-state index in [-0.39, 0.29) is 11.9 Å². The van der Waals surface area contributed by atoms with Crippen molar-refractivity contribution in [1.82, 2.24) is 5.32 Å². The van der Waals surface area contributed by atoms with Gasteiger partial charge in [-0.15, -0.1) is 0 Å². The number of hydrogen-bond donors (Lipinski definition) is 2. The Morgan fingerprint density at radius 1 is 1.38 bits per heavy atom. The predicted molar refractivity (Wildman–Crippen MR) is 89.8 cm³/mol. The molecule has 1 aliphatic carbocycles. The van der Waals surface area contributed by atoms with Crippen LogP contribution in [0.4, 0.5) is 11.4 Å². The summed E-state index contributed by atoms with van der Waals surface area (Å²) in [5.74, 6) is 0.0528. The molecule has 1 amide bonds. The summed E-state index contributed by atoms with van der Waals surface area (Å²) in [6.45, 7) is 6.13. The van der Waals surface area contributed by atoms with Crippen molar-refractivity contribution in [3.05, 3.63) is 22.2 Å². The summed E-state index contributed by atoms with van der Waals surface area (Å²) in [5, 5.41) is 6.33. The zero-order chi connectivity index (χ0) is 15.0. The van der Waals surface area contributed by atoms with Crippen molar-refractivity contribution < 1.29 is 4.79 Å². The van der Waals surface area contributed by atoms with Crippen LogP contribution < -0.4 is 15.5 Å². The molecule has 2 aliphatic rings. The normalized spacial score (nSPS) is 20.3. The maximum Gasteiger partial charge on any atom is 0.246 e. The minimum atomic E-state index is -0.221. The summed E-state index contributed by atoms with van der Waals surface area (Å²) < 4.78 is 1.08. The van der Waals surface area contributed by atoms with E-state index in [4.69, 9.17) is 0 Å². The molecular weight excluding hydrogens is 330 g/mol. The van der Waals surface area contributed by atoms with Crippen LogP contribution in [0.15, 0.2) is 16.6 Å². The second-order valence-electron chi connectivity index (χ2n) is 5.78. The molecule has 1 aromatic carbocycles. The van der Waals surface area contributed by atoms with Gasteiger partial charge in [-0.05, 0) is 60.8 Å². The monoisotopic (exact) mass is 351 g/mol. The Balaban J connectivity index is 1.91. The van der Waals surface area contributed by atoms with Crippen LogP contribution in [0.3, 0.4) is 0 Å². The zero-order valence-corrected chi connectivity index (χ0v) is 14.2. The smallest absolute Gasteiger partial charge is 0.246 e. The summed E-state index contributed by atoms with van der Waals surface area (Å²) in [4.78, 5) is 14.6. The van der Waals surface area contributed by atoms with Crippen molar-refractivity contribution >= 4 is 33.2 Å². The zero-order valence-electron chi connectivity index (χ0n) is 12.6. The molecule has 1 fully saturated rings. The number of rotatable bonds is 6. The lowest BCUT2D eigenvalue weighted by molar-refractivity contribution is -0.117. The van der Waals surface area contributed by atoms with Crippen LogP contribution in [0.25, 0.3) is 0 Å². The van der Waals surface area contributed by atoms with Crippen molar-refractivity contribution in [3.8, 4) is 0 Å². The maximum absolute atomic E-state index is 12.1. The van der Waals surface area contributed by atoms with Crippen LogP contribution in [0.1, 0.15) is 44.7 Å². The molecular formula is C16H22BrN3O. The Bertz CT molecular complexity index is 557. The van der Waals surface area contributed by atoms with E-state index in [2.05, 4.69) is 57.4 Å². The number of nitrogens with one attached hydrogen (secondary N) is 2. The van der Waals surface area contributed by atoms with Gasteiger partial charge in [0.15, 0.2) is 0 Å². The number of halogens is 1. The molecule has 114 valence electrons. The maximum atomic E-state index is 12.1. The quantitative estimate of drug-likeness (QED) is 0.825. The minimum absolute atomic E-state index is 0.0528. The van der Waals surface area contributed by atoms with Gasteiger partial charge in [0.05, 0.1) is 5.69 Å². The molecule has 4 nitrogen and oxygen atoms in total. The molecule has 0 saturated heterocycles. The summed E-state index contributed by atoms with van der Waals surface area (Å²) in [5.41, 5.74) is 3.19. The molecule has 0 bridgehead atoms. The first-order chi connectivity index (χ1) is 10.2. The number of anilines is 2. The number of carbonyl (C=O) groups is 1. The minimum Gasteiger partial charge on any atom is -0.368 e. The lowest BCUT2D eigenvalue weighted by Crippen LogP contribution is -2.28. The summed E-state index contributed by atoms with van der Waals surface area (Å²) in [7, 11) is 0. The van der Waals surface area contributed by atoms with Gasteiger partial charge in [0.25, 0.3) is 0 Å². The van der Waals surface area contributed by atoms with E-state index in [0.717, 1.165) is 35.2 Å². The van der Waals surface area contributed by atoms with Gasteiger partial charge in [0, 0.05) is 28.3 Å². The Morgan fingerprint density at radius 2 is 2.14 bits per heavy atom. The molecule has 0 radical (unpaired) electrons. The van der Waals surface area contributed by atoms with E-state index in [1.54, 1.807) is 0 Å². The highest BCUT2D eigenvalue weighted by Gasteiger charge is 2.34. The van der Waals surface area contributed by atoms with Crippen LogP contribution in [-0.4, -0.2) is 25.0 Å². The Morgan fingerprint density at radius 3 is 2.76 bits per heavy atom. The van der Waals surface area contributed by atoms with Crippen LogP contribution in [0.2, 0.25) is 0 Å². The van der Waals surface area contributed by atoms with Crippen molar-refractivity contribution in [2.45, 2.75) is 45.2 Å².